The third kappa shape index (κ3) is 6.69. The van der Waals surface area contributed by atoms with Gasteiger partial charge in [0.25, 0.3) is 11.8 Å². The second kappa shape index (κ2) is 10.9. The Balaban J connectivity index is 1.89. The highest BCUT2D eigenvalue weighted by molar-refractivity contribution is 7.80. The highest BCUT2D eigenvalue weighted by Gasteiger charge is 2.11. The molecule has 0 aliphatic rings. The van der Waals surface area contributed by atoms with Crippen LogP contribution in [0.1, 0.15) is 50.8 Å². The summed E-state index contributed by atoms with van der Waals surface area (Å²) in [7, 11) is 1.29. The van der Waals surface area contributed by atoms with Gasteiger partial charge in [0.1, 0.15) is 0 Å². The second-order valence-electron chi connectivity index (χ2n) is 6.16. The quantitative estimate of drug-likeness (QED) is 0.367. The molecule has 0 fully saturated rings. The Morgan fingerprint density at radius 3 is 2.03 bits per heavy atom. The van der Waals surface area contributed by atoms with E-state index >= 15 is 0 Å². The van der Waals surface area contributed by atoms with Crippen molar-refractivity contribution in [2.24, 2.45) is 0 Å². The number of rotatable bonds is 7. The highest BCUT2D eigenvalue weighted by Crippen LogP contribution is 2.10. The van der Waals surface area contributed by atoms with E-state index in [-0.39, 0.29) is 11.0 Å². The molecule has 0 unspecified atom stereocenters. The van der Waals surface area contributed by atoms with Crippen LogP contribution in [0.5, 0.6) is 0 Å². The third-order valence-electron chi connectivity index (χ3n) is 4.02. The molecule has 3 N–H and O–H groups in total. The minimum absolute atomic E-state index is 0.118. The van der Waals surface area contributed by atoms with E-state index in [1.165, 1.54) is 31.4 Å². The molecule has 0 aromatic heterocycles. The number of carbonyl (C=O) groups excluding carboxylic acids is 3. The summed E-state index contributed by atoms with van der Waals surface area (Å²) < 4.78 is 4.62. The van der Waals surface area contributed by atoms with Gasteiger partial charge in [0, 0.05) is 23.4 Å². The number of esters is 1. The van der Waals surface area contributed by atoms with E-state index in [1.807, 2.05) is 0 Å². The maximum atomic E-state index is 12.3. The molecule has 29 heavy (non-hydrogen) atoms. The number of benzene rings is 2. The summed E-state index contributed by atoms with van der Waals surface area (Å²) >= 11 is 5.16. The third-order valence-corrected chi connectivity index (χ3v) is 4.22. The van der Waals surface area contributed by atoms with Crippen LogP contribution < -0.4 is 16.0 Å². The lowest BCUT2D eigenvalue weighted by Gasteiger charge is -2.10. The van der Waals surface area contributed by atoms with E-state index in [0.29, 0.717) is 28.9 Å². The lowest BCUT2D eigenvalue weighted by atomic mass is 10.1. The molecule has 0 heterocycles. The second-order valence-corrected chi connectivity index (χ2v) is 6.57. The van der Waals surface area contributed by atoms with E-state index in [9.17, 15) is 14.4 Å². The summed E-state index contributed by atoms with van der Waals surface area (Å²) in [5, 5.41) is 8.42. The Morgan fingerprint density at radius 1 is 0.897 bits per heavy atom. The van der Waals surface area contributed by atoms with Crippen LogP contribution in [0.2, 0.25) is 0 Å². The lowest BCUT2D eigenvalue weighted by Crippen LogP contribution is -2.34. The van der Waals surface area contributed by atoms with Crippen molar-refractivity contribution >= 4 is 40.8 Å². The number of methoxy groups -OCH3 is 1. The van der Waals surface area contributed by atoms with Gasteiger partial charge in [-0.3, -0.25) is 14.9 Å². The fourth-order valence-corrected chi connectivity index (χ4v) is 2.61. The van der Waals surface area contributed by atoms with Gasteiger partial charge in [0.2, 0.25) is 0 Å². The van der Waals surface area contributed by atoms with E-state index in [0.717, 1.165) is 12.8 Å². The summed E-state index contributed by atoms with van der Waals surface area (Å²) in [6, 6.07) is 12.8. The van der Waals surface area contributed by atoms with Gasteiger partial charge in [-0.15, -0.1) is 0 Å². The number of anilines is 1. The SMILES string of the molecule is CCCCNC(=O)c1ccc(NC(=S)NC(=O)c2ccc(C(=O)OC)cc2)cc1. The molecule has 0 atom stereocenters. The average Bonchev–Trinajstić information content (AvgIpc) is 2.73. The van der Waals surface area contributed by atoms with E-state index in [1.54, 1.807) is 24.3 Å². The van der Waals surface area contributed by atoms with E-state index in [4.69, 9.17) is 12.2 Å². The van der Waals surface area contributed by atoms with Crippen molar-refractivity contribution in [2.75, 3.05) is 19.0 Å². The van der Waals surface area contributed by atoms with Crippen molar-refractivity contribution in [3.8, 4) is 0 Å². The minimum atomic E-state index is -0.475. The molecule has 2 rings (SSSR count). The van der Waals surface area contributed by atoms with Crippen LogP contribution in [-0.2, 0) is 4.74 Å². The van der Waals surface area contributed by atoms with Gasteiger partial charge in [0.05, 0.1) is 12.7 Å². The average molecular weight is 413 g/mol. The number of carbonyl (C=O) groups is 3. The lowest BCUT2D eigenvalue weighted by molar-refractivity contribution is 0.0600. The van der Waals surface area contributed by atoms with Crippen molar-refractivity contribution in [2.45, 2.75) is 19.8 Å². The monoisotopic (exact) mass is 413 g/mol. The summed E-state index contributed by atoms with van der Waals surface area (Å²) in [5.74, 6) is -1.02. The van der Waals surface area contributed by atoms with Crippen molar-refractivity contribution in [1.82, 2.24) is 10.6 Å². The van der Waals surface area contributed by atoms with Crippen LogP contribution in [0.3, 0.4) is 0 Å². The van der Waals surface area contributed by atoms with Crippen LogP contribution >= 0.6 is 12.2 Å². The first kappa shape index (κ1) is 22.0. The summed E-state index contributed by atoms with van der Waals surface area (Å²) in [5.41, 5.74) is 1.89. The molecular weight excluding hydrogens is 390 g/mol. The molecule has 7 nitrogen and oxygen atoms in total. The molecule has 0 saturated heterocycles. The largest absolute Gasteiger partial charge is 0.465 e. The molecular formula is C21H23N3O4S. The van der Waals surface area contributed by atoms with Crippen LogP contribution in [0.4, 0.5) is 5.69 Å². The number of unbranched alkanes of at least 4 members (excludes halogenated alkanes) is 1. The molecule has 0 aliphatic heterocycles. The van der Waals surface area contributed by atoms with Crippen molar-refractivity contribution < 1.29 is 19.1 Å². The smallest absolute Gasteiger partial charge is 0.337 e. The fraction of sp³-hybridized carbons (Fsp3) is 0.238. The maximum absolute atomic E-state index is 12.3. The first-order valence-electron chi connectivity index (χ1n) is 9.13. The van der Waals surface area contributed by atoms with Gasteiger partial charge in [-0.25, -0.2) is 4.79 Å². The number of nitrogens with one attached hydrogen (secondary N) is 3. The first-order valence-corrected chi connectivity index (χ1v) is 9.54. The number of thiocarbonyl (C=S) groups is 1. The van der Waals surface area contributed by atoms with Gasteiger partial charge < -0.3 is 15.4 Å². The normalized spacial score (nSPS) is 10.0. The van der Waals surface area contributed by atoms with Gasteiger partial charge in [-0.2, -0.15) is 0 Å². The van der Waals surface area contributed by atoms with E-state index in [2.05, 4.69) is 27.6 Å². The predicted octanol–water partition coefficient (Wildman–Crippen LogP) is 3.13. The Morgan fingerprint density at radius 2 is 1.45 bits per heavy atom. The van der Waals surface area contributed by atoms with Gasteiger partial charge in [-0.05, 0) is 67.2 Å². The molecule has 0 bridgehead atoms. The summed E-state index contributed by atoms with van der Waals surface area (Å²) in [6.45, 7) is 2.71. The van der Waals surface area contributed by atoms with Crippen molar-refractivity contribution in [3.05, 3.63) is 65.2 Å². The molecule has 0 radical (unpaired) electrons. The molecule has 0 spiro atoms. The summed E-state index contributed by atoms with van der Waals surface area (Å²) in [4.78, 5) is 35.7. The molecule has 8 heteroatoms. The van der Waals surface area contributed by atoms with Crippen LogP contribution in [0, 0.1) is 0 Å². The minimum Gasteiger partial charge on any atom is -0.465 e. The fourth-order valence-electron chi connectivity index (χ4n) is 2.40. The van der Waals surface area contributed by atoms with Crippen LogP contribution in [0.25, 0.3) is 0 Å². The molecule has 2 amide bonds. The number of hydrogen-bond donors (Lipinski definition) is 3. The molecule has 2 aromatic carbocycles. The predicted molar refractivity (Wildman–Crippen MR) is 115 cm³/mol. The zero-order chi connectivity index (χ0) is 21.2. The summed E-state index contributed by atoms with van der Waals surface area (Å²) in [6.07, 6.45) is 1.95. The Kier molecular flexibility index (Phi) is 8.29. The van der Waals surface area contributed by atoms with Crippen LogP contribution in [0.15, 0.2) is 48.5 Å². The van der Waals surface area contributed by atoms with Gasteiger partial charge >= 0.3 is 5.97 Å². The topological polar surface area (TPSA) is 96.5 Å². The number of hydrogen-bond acceptors (Lipinski definition) is 5. The Bertz CT molecular complexity index is 880. The highest BCUT2D eigenvalue weighted by atomic mass is 32.1. The molecule has 0 saturated carbocycles. The van der Waals surface area contributed by atoms with Gasteiger partial charge in [-0.1, -0.05) is 13.3 Å². The van der Waals surface area contributed by atoms with Gasteiger partial charge in [0.15, 0.2) is 5.11 Å². The zero-order valence-electron chi connectivity index (χ0n) is 16.3. The standard InChI is InChI=1S/C21H23N3O4S/c1-3-4-13-22-18(25)14-9-11-17(12-10-14)23-21(29)24-19(26)15-5-7-16(8-6-15)20(27)28-2/h5-12H,3-4,13H2,1-2H3,(H,22,25)(H2,23,24,26,29). The number of amides is 2. The van der Waals surface area contributed by atoms with E-state index < -0.39 is 11.9 Å². The van der Waals surface area contributed by atoms with Crippen molar-refractivity contribution in [1.29, 1.82) is 0 Å². The Hall–Kier alpha value is -3.26. The van der Waals surface area contributed by atoms with Crippen molar-refractivity contribution in [3.63, 3.8) is 0 Å². The first-order chi connectivity index (χ1) is 13.9. The molecule has 0 aliphatic carbocycles. The number of ether oxygens (including phenoxy) is 1. The molecule has 2 aromatic rings. The van der Waals surface area contributed by atoms with Crippen LogP contribution in [-0.4, -0.2) is 36.6 Å². The maximum Gasteiger partial charge on any atom is 0.337 e. The molecule has 152 valence electrons. The zero-order valence-corrected chi connectivity index (χ0v) is 17.1. The Labute approximate surface area is 174 Å².